The smallest absolute Gasteiger partial charge is 0.273 e. The van der Waals surface area contributed by atoms with Crippen LogP contribution in [0, 0.1) is 0 Å². The molecule has 0 spiro atoms. The molecule has 4 rings (SSSR count). The zero-order chi connectivity index (χ0) is 16.7. The Morgan fingerprint density at radius 2 is 1.62 bits per heavy atom. The summed E-state index contributed by atoms with van der Waals surface area (Å²) in [5.74, 6) is 0.00780. The Morgan fingerprint density at radius 3 is 2.33 bits per heavy atom. The molecular formula is C19H16N2O2S. The third-order valence-electron chi connectivity index (χ3n) is 4.34. The molecule has 0 atom stereocenters. The molecule has 0 aliphatic carbocycles. The van der Waals surface area contributed by atoms with Crippen molar-refractivity contribution in [3.63, 3.8) is 0 Å². The number of carbonyl (C=O) groups excluding carboxylic acids is 2. The quantitative estimate of drug-likeness (QED) is 0.863. The van der Waals surface area contributed by atoms with Crippen molar-refractivity contribution < 1.29 is 9.59 Å². The number of rotatable bonds is 3. The van der Waals surface area contributed by atoms with Gasteiger partial charge in [0.15, 0.2) is 5.78 Å². The highest BCUT2D eigenvalue weighted by molar-refractivity contribution is 8.03. The fourth-order valence-corrected chi connectivity index (χ4v) is 3.95. The van der Waals surface area contributed by atoms with E-state index in [-0.39, 0.29) is 18.2 Å². The fourth-order valence-electron chi connectivity index (χ4n) is 3.25. The lowest BCUT2D eigenvalue weighted by Gasteiger charge is -2.39. The predicted molar refractivity (Wildman–Crippen MR) is 94.9 cm³/mol. The first-order valence-corrected chi connectivity index (χ1v) is 8.97. The number of amides is 1. The average molecular weight is 336 g/mol. The number of hydrogen-bond acceptors (Lipinski definition) is 4. The Labute approximate surface area is 144 Å². The van der Waals surface area contributed by atoms with E-state index in [0.717, 1.165) is 21.7 Å². The minimum Gasteiger partial charge on any atom is -0.291 e. The Morgan fingerprint density at radius 1 is 0.958 bits per heavy atom. The van der Waals surface area contributed by atoms with Gasteiger partial charge in [0.25, 0.3) is 5.91 Å². The van der Waals surface area contributed by atoms with Crippen LogP contribution in [-0.4, -0.2) is 34.5 Å². The van der Waals surface area contributed by atoms with Gasteiger partial charge in [-0.15, -0.1) is 11.8 Å². The van der Waals surface area contributed by atoms with Gasteiger partial charge in [0.2, 0.25) is 0 Å². The van der Waals surface area contributed by atoms with Crippen molar-refractivity contribution in [1.82, 2.24) is 10.0 Å². The summed E-state index contributed by atoms with van der Waals surface area (Å²) in [5, 5.41) is 3.53. The van der Waals surface area contributed by atoms with E-state index < -0.39 is 0 Å². The monoisotopic (exact) mass is 336 g/mol. The zero-order valence-electron chi connectivity index (χ0n) is 13.2. The molecule has 0 fully saturated rings. The summed E-state index contributed by atoms with van der Waals surface area (Å²) in [5.41, 5.74) is 3.40. The third kappa shape index (κ3) is 2.24. The van der Waals surface area contributed by atoms with Crippen LogP contribution in [0.1, 0.15) is 21.5 Å². The number of nitrogens with zero attached hydrogens (tertiary/aromatic N) is 2. The zero-order valence-corrected chi connectivity index (χ0v) is 14.0. The summed E-state index contributed by atoms with van der Waals surface area (Å²) in [6, 6.07) is 17.4. The van der Waals surface area contributed by atoms with Gasteiger partial charge in [0.1, 0.15) is 6.54 Å². The molecule has 0 saturated carbocycles. The van der Waals surface area contributed by atoms with Crippen molar-refractivity contribution in [2.75, 3.05) is 12.8 Å². The van der Waals surface area contributed by atoms with Crippen LogP contribution in [-0.2, 0) is 11.3 Å². The average Bonchev–Trinajstić information content (AvgIpc) is 2.95. The molecule has 0 bridgehead atoms. The number of ketones is 1. The topological polar surface area (TPSA) is 40.6 Å². The second kappa shape index (κ2) is 5.83. The maximum absolute atomic E-state index is 13.0. The van der Waals surface area contributed by atoms with Crippen LogP contribution in [0.2, 0.25) is 0 Å². The Hall–Kier alpha value is -2.53. The van der Waals surface area contributed by atoms with Gasteiger partial charge < -0.3 is 0 Å². The maximum Gasteiger partial charge on any atom is 0.273 e. The van der Waals surface area contributed by atoms with Crippen LogP contribution in [0.15, 0.2) is 59.5 Å². The molecule has 1 amide bonds. The molecule has 0 unspecified atom stereocenters. The molecule has 4 nitrogen and oxygen atoms in total. The van der Waals surface area contributed by atoms with E-state index in [4.69, 9.17) is 0 Å². The molecule has 0 N–H and O–H groups in total. The van der Waals surface area contributed by atoms with Gasteiger partial charge >= 0.3 is 0 Å². The van der Waals surface area contributed by atoms with Crippen molar-refractivity contribution in [3.8, 4) is 0 Å². The summed E-state index contributed by atoms with van der Waals surface area (Å²) in [7, 11) is 0. The van der Waals surface area contributed by atoms with E-state index in [2.05, 4.69) is 0 Å². The number of thioether (sulfide) groups is 1. The highest BCUT2D eigenvalue weighted by Gasteiger charge is 2.41. The standard InChI is InChI=1S/C19H16N2O2S/c1-24-18-16(22)12-20-17(18)14-9-5-6-10-15(14)19(23)21(20)11-13-7-3-2-4-8-13/h2-10H,11-12H2,1H3. The van der Waals surface area contributed by atoms with Crippen LogP contribution < -0.4 is 0 Å². The predicted octanol–water partition coefficient (Wildman–Crippen LogP) is 3.17. The van der Waals surface area contributed by atoms with Gasteiger partial charge in [-0.2, -0.15) is 0 Å². The number of carbonyl (C=O) groups is 2. The van der Waals surface area contributed by atoms with Crippen molar-refractivity contribution >= 4 is 29.1 Å². The van der Waals surface area contributed by atoms with E-state index in [1.165, 1.54) is 11.8 Å². The van der Waals surface area contributed by atoms with Crippen molar-refractivity contribution in [2.45, 2.75) is 6.54 Å². The number of benzene rings is 2. The first kappa shape index (κ1) is 15.0. The molecule has 2 aromatic rings. The Balaban J connectivity index is 1.85. The van der Waals surface area contributed by atoms with Gasteiger partial charge in [0, 0.05) is 5.56 Å². The largest absolute Gasteiger partial charge is 0.291 e. The summed E-state index contributed by atoms with van der Waals surface area (Å²) < 4.78 is 0. The van der Waals surface area contributed by atoms with Crippen LogP contribution in [0.4, 0.5) is 0 Å². The maximum atomic E-state index is 13.0. The third-order valence-corrected chi connectivity index (χ3v) is 5.17. The van der Waals surface area contributed by atoms with E-state index in [9.17, 15) is 9.59 Å². The highest BCUT2D eigenvalue weighted by atomic mass is 32.2. The molecule has 0 saturated heterocycles. The van der Waals surface area contributed by atoms with Gasteiger partial charge in [-0.1, -0.05) is 48.5 Å². The molecule has 2 aromatic carbocycles. The molecule has 0 aromatic heterocycles. The summed E-state index contributed by atoms with van der Waals surface area (Å²) in [6.45, 7) is 0.671. The summed E-state index contributed by atoms with van der Waals surface area (Å²) >= 11 is 1.45. The molecule has 2 aliphatic rings. The Kier molecular flexibility index (Phi) is 3.65. The first-order chi connectivity index (χ1) is 11.7. The van der Waals surface area contributed by atoms with Gasteiger partial charge in [-0.05, 0) is 17.9 Å². The van der Waals surface area contributed by atoms with Crippen molar-refractivity contribution in [1.29, 1.82) is 0 Å². The van der Waals surface area contributed by atoms with Crippen LogP contribution in [0.3, 0.4) is 0 Å². The minimum atomic E-state index is -0.0617. The number of fused-ring (bicyclic) bond motifs is 3. The van der Waals surface area contributed by atoms with E-state index in [0.29, 0.717) is 12.1 Å². The minimum absolute atomic E-state index is 0.0617. The molecule has 5 heteroatoms. The van der Waals surface area contributed by atoms with E-state index in [1.807, 2.05) is 65.9 Å². The lowest BCUT2D eigenvalue weighted by atomic mass is 10.0. The first-order valence-electron chi connectivity index (χ1n) is 7.75. The van der Waals surface area contributed by atoms with Gasteiger partial charge in [0.05, 0.1) is 22.7 Å². The van der Waals surface area contributed by atoms with Crippen LogP contribution in [0.25, 0.3) is 5.70 Å². The molecule has 0 radical (unpaired) electrons. The fraction of sp³-hybridized carbons (Fsp3) is 0.158. The van der Waals surface area contributed by atoms with E-state index in [1.54, 1.807) is 5.01 Å². The number of Topliss-reactive ketones (excluding diaryl/α,β-unsaturated/α-hetero) is 1. The highest BCUT2D eigenvalue weighted by Crippen LogP contribution is 2.41. The second-order valence-corrected chi connectivity index (χ2v) is 6.57. The SMILES string of the molecule is CSC1=C2c3ccccc3C(=O)N(Cc3ccccc3)N2CC1=O. The van der Waals surface area contributed by atoms with Crippen LogP contribution >= 0.6 is 11.8 Å². The van der Waals surface area contributed by atoms with E-state index >= 15 is 0 Å². The summed E-state index contributed by atoms with van der Waals surface area (Å²) in [4.78, 5) is 26.2. The molecule has 2 aliphatic heterocycles. The van der Waals surface area contributed by atoms with Gasteiger partial charge in [-0.3, -0.25) is 14.6 Å². The molecular weight excluding hydrogens is 320 g/mol. The lowest BCUT2D eigenvalue weighted by Crippen LogP contribution is -2.47. The van der Waals surface area contributed by atoms with Gasteiger partial charge in [-0.25, -0.2) is 5.01 Å². The molecule has 120 valence electrons. The normalized spacial score (nSPS) is 16.5. The van der Waals surface area contributed by atoms with Crippen LogP contribution in [0.5, 0.6) is 0 Å². The summed E-state index contributed by atoms with van der Waals surface area (Å²) in [6.07, 6.45) is 1.91. The number of hydrogen-bond donors (Lipinski definition) is 0. The number of hydrazine groups is 1. The van der Waals surface area contributed by atoms with Crippen molar-refractivity contribution in [2.24, 2.45) is 0 Å². The Bertz CT molecular complexity index is 861. The molecule has 2 heterocycles. The second-order valence-electron chi connectivity index (χ2n) is 5.76. The van der Waals surface area contributed by atoms with Crippen molar-refractivity contribution in [3.05, 3.63) is 76.2 Å². The lowest BCUT2D eigenvalue weighted by molar-refractivity contribution is -0.116. The molecule has 24 heavy (non-hydrogen) atoms.